The Balaban J connectivity index is 0.969. The molecule has 0 aromatic rings. The molecular formula is C36H62N2O4. The highest BCUT2D eigenvalue weighted by Gasteiger charge is 2.64. The molecule has 6 rings (SSSR count). The number of hydrogen-bond acceptors (Lipinski definition) is 5. The van der Waals surface area contributed by atoms with E-state index < -0.39 is 0 Å². The van der Waals surface area contributed by atoms with Crippen molar-refractivity contribution in [3.8, 4) is 0 Å². The van der Waals surface area contributed by atoms with E-state index >= 15 is 0 Å². The summed E-state index contributed by atoms with van der Waals surface area (Å²) < 4.78 is 5.76. The number of rotatable bonds is 7. The van der Waals surface area contributed by atoms with Gasteiger partial charge in [-0.25, -0.2) is 4.79 Å². The monoisotopic (exact) mass is 586 g/mol. The van der Waals surface area contributed by atoms with Crippen LogP contribution in [0.15, 0.2) is 0 Å². The van der Waals surface area contributed by atoms with Crippen LogP contribution in [0.4, 0.5) is 4.79 Å². The van der Waals surface area contributed by atoms with E-state index in [4.69, 9.17) is 4.74 Å². The molecule has 0 spiro atoms. The number of unbranched alkanes of at least 4 members (excludes halogenated alkanes) is 1. The van der Waals surface area contributed by atoms with Crippen LogP contribution < -0.4 is 0 Å². The molecular weight excluding hydrogens is 524 g/mol. The first-order valence-electron chi connectivity index (χ1n) is 18.3. The number of amides is 1. The number of carbonyl (C=O) groups is 1. The number of aliphatic hydroxyl groups excluding tert-OH is 2. The third-order valence-electron chi connectivity index (χ3n) is 14.4. The molecule has 240 valence electrons. The molecule has 6 aliphatic rings. The quantitative estimate of drug-likeness (QED) is 0.319. The molecule has 10 atom stereocenters. The van der Waals surface area contributed by atoms with Crippen molar-refractivity contribution in [1.29, 1.82) is 0 Å². The Kier molecular flexibility index (Phi) is 9.54. The maximum atomic E-state index is 12.8. The fraction of sp³-hybridized carbons (Fsp3) is 0.972. The van der Waals surface area contributed by atoms with Gasteiger partial charge in [0.15, 0.2) is 0 Å². The summed E-state index contributed by atoms with van der Waals surface area (Å²) in [6.07, 6.45) is 18.1. The molecule has 0 aromatic carbocycles. The van der Waals surface area contributed by atoms with Gasteiger partial charge in [0.05, 0.1) is 18.8 Å². The first kappa shape index (κ1) is 31.1. The summed E-state index contributed by atoms with van der Waals surface area (Å²) in [5, 5.41) is 22.4. The van der Waals surface area contributed by atoms with E-state index in [9.17, 15) is 15.0 Å². The van der Waals surface area contributed by atoms with Crippen molar-refractivity contribution in [2.75, 3.05) is 32.8 Å². The van der Waals surface area contributed by atoms with Gasteiger partial charge in [-0.2, -0.15) is 0 Å². The zero-order valence-electron chi connectivity index (χ0n) is 27.2. The van der Waals surface area contributed by atoms with E-state index in [0.717, 1.165) is 70.4 Å². The van der Waals surface area contributed by atoms with Gasteiger partial charge >= 0.3 is 6.09 Å². The average Bonchev–Trinajstić information content (AvgIpc) is 3.34. The van der Waals surface area contributed by atoms with E-state index in [1.165, 1.54) is 64.5 Å². The normalized spacial score (nSPS) is 44.7. The number of fused-ring (bicyclic) bond motifs is 5. The summed E-state index contributed by atoms with van der Waals surface area (Å²) in [5.74, 6) is 3.18. The summed E-state index contributed by atoms with van der Waals surface area (Å²) in [7, 11) is 0. The second-order valence-corrected chi connectivity index (χ2v) is 16.1. The minimum absolute atomic E-state index is 0.0999. The van der Waals surface area contributed by atoms with Crippen LogP contribution in [0.5, 0.6) is 0 Å². The summed E-state index contributed by atoms with van der Waals surface area (Å²) in [6, 6.07) is 0.656. The number of nitrogens with zero attached hydrogens (tertiary/aromatic N) is 2. The second-order valence-electron chi connectivity index (χ2n) is 16.1. The van der Waals surface area contributed by atoms with Crippen LogP contribution in [0, 0.1) is 46.3 Å². The van der Waals surface area contributed by atoms with Gasteiger partial charge in [-0.05, 0) is 149 Å². The Labute approximate surface area is 256 Å². The summed E-state index contributed by atoms with van der Waals surface area (Å²) >= 11 is 0. The number of piperidine rings is 2. The van der Waals surface area contributed by atoms with Gasteiger partial charge in [0.1, 0.15) is 0 Å². The van der Waals surface area contributed by atoms with Crippen molar-refractivity contribution in [3.05, 3.63) is 0 Å². The minimum atomic E-state index is -0.212. The Morgan fingerprint density at radius 2 is 1.55 bits per heavy atom. The van der Waals surface area contributed by atoms with Crippen LogP contribution in [-0.2, 0) is 4.74 Å². The van der Waals surface area contributed by atoms with Crippen molar-refractivity contribution < 1.29 is 19.7 Å². The SMILES string of the molecule is CC[C@H]1[C@@H](O)[C@@H]2[C@H](CC[C@]3(C)[C@@H](CCCCOC(=O)N4CCC(N5CCCCC5)CC4)CC[C@@H]23)[C@@]2(C)CC[C@@H](O)C[C@@H]12. The van der Waals surface area contributed by atoms with Gasteiger partial charge in [-0.15, -0.1) is 0 Å². The maximum Gasteiger partial charge on any atom is 0.409 e. The number of ether oxygens (including phenoxy) is 1. The van der Waals surface area contributed by atoms with E-state index in [-0.39, 0.29) is 23.7 Å². The molecule has 0 unspecified atom stereocenters. The number of likely N-dealkylation sites (tertiary alicyclic amines) is 2. The van der Waals surface area contributed by atoms with Gasteiger partial charge in [-0.3, -0.25) is 0 Å². The highest BCUT2D eigenvalue weighted by Crippen LogP contribution is 2.69. The van der Waals surface area contributed by atoms with E-state index in [0.29, 0.717) is 47.7 Å². The second kappa shape index (κ2) is 12.9. The Bertz CT molecular complexity index is 916. The molecule has 2 saturated heterocycles. The van der Waals surface area contributed by atoms with Gasteiger partial charge in [0.2, 0.25) is 0 Å². The molecule has 0 bridgehead atoms. The molecule has 2 heterocycles. The molecule has 2 aliphatic heterocycles. The zero-order valence-corrected chi connectivity index (χ0v) is 27.2. The maximum absolute atomic E-state index is 12.8. The van der Waals surface area contributed by atoms with Crippen LogP contribution in [0.25, 0.3) is 0 Å². The third kappa shape index (κ3) is 5.68. The van der Waals surface area contributed by atoms with E-state index in [2.05, 4.69) is 25.7 Å². The molecule has 0 radical (unpaired) electrons. The first-order valence-corrected chi connectivity index (χ1v) is 18.3. The lowest BCUT2D eigenvalue weighted by Crippen LogP contribution is -2.62. The van der Waals surface area contributed by atoms with Crippen molar-refractivity contribution in [2.24, 2.45) is 46.3 Å². The Morgan fingerprint density at radius 1 is 0.833 bits per heavy atom. The molecule has 6 nitrogen and oxygen atoms in total. The fourth-order valence-electron chi connectivity index (χ4n) is 12.0. The topological polar surface area (TPSA) is 73.2 Å². The van der Waals surface area contributed by atoms with Gasteiger partial charge in [0, 0.05) is 19.1 Å². The highest BCUT2D eigenvalue weighted by atomic mass is 16.6. The lowest BCUT2D eigenvalue weighted by molar-refractivity contribution is -0.202. The predicted molar refractivity (Wildman–Crippen MR) is 167 cm³/mol. The van der Waals surface area contributed by atoms with Crippen molar-refractivity contribution in [3.63, 3.8) is 0 Å². The first-order chi connectivity index (χ1) is 20.3. The van der Waals surface area contributed by atoms with Crippen molar-refractivity contribution in [1.82, 2.24) is 9.80 Å². The lowest BCUT2D eigenvalue weighted by Gasteiger charge is -2.64. The number of hydrogen-bond donors (Lipinski definition) is 2. The van der Waals surface area contributed by atoms with E-state index in [1.807, 2.05) is 4.90 Å². The fourth-order valence-corrected chi connectivity index (χ4v) is 12.0. The molecule has 1 amide bonds. The third-order valence-corrected chi connectivity index (χ3v) is 14.4. The van der Waals surface area contributed by atoms with Gasteiger partial charge in [0.25, 0.3) is 0 Å². The molecule has 42 heavy (non-hydrogen) atoms. The zero-order chi connectivity index (χ0) is 29.5. The molecule has 4 saturated carbocycles. The van der Waals surface area contributed by atoms with Crippen LogP contribution >= 0.6 is 0 Å². The largest absolute Gasteiger partial charge is 0.449 e. The Hall–Kier alpha value is -0.850. The van der Waals surface area contributed by atoms with Crippen LogP contribution in [-0.4, -0.2) is 77.1 Å². The summed E-state index contributed by atoms with van der Waals surface area (Å²) in [4.78, 5) is 17.3. The molecule has 2 N–H and O–H groups in total. The lowest BCUT2D eigenvalue weighted by atomic mass is 9.41. The van der Waals surface area contributed by atoms with Crippen molar-refractivity contribution in [2.45, 2.75) is 142 Å². The average molecular weight is 587 g/mol. The van der Waals surface area contributed by atoms with Crippen LogP contribution in [0.2, 0.25) is 0 Å². The van der Waals surface area contributed by atoms with Gasteiger partial charge in [-0.1, -0.05) is 33.6 Å². The molecule has 0 aromatic heterocycles. The van der Waals surface area contributed by atoms with E-state index in [1.54, 1.807) is 0 Å². The van der Waals surface area contributed by atoms with Crippen LogP contribution in [0.1, 0.15) is 124 Å². The highest BCUT2D eigenvalue weighted by molar-refractivity contribution is 5.67. The standard InChI is InChI=1S/C36H62N2O4/c1-4-28-31-24-27(39)13-17-36(31,3)30-14-18-35(2)25(11-12-29(35)32(30)33(28)40)10-6-9-23-42-34(41)38-21-15-26(16-22-38)37-19-7-5-8-20-37/h25-33,39-40H,4-24H2,1-3H3/t25-,27+,28+,29-,30-,31-,32-,33+,35+,36+/m0/s1. The molecule has 6 fully saturated rings. The summed E-state index contributed by atoms with van der Waals surface area (Å²) in [5.41, 5.74) is 0.600. The minimum Gasteiger partial charge on any atom is -0.449 e. The smallest absolute Gasteiger partial charge is 0.409 e. The number of aliphatic hydroxyl groups is 2. The molecule has 4 aliphatic carbocycles. The predicted octanol–water partition coefficient (Wildman–Crippen LogP) is 6.87. The molecule has 6 heteroatoms. The summed E-state index contributed by atoms with van der Waals surface area (Å²) in [6.45, 7) is 12.1. The van der Waals surface area contributed by atoms with Gasteiger partial charge < -0.3 is 24.7 Å². The number of carbonyl (C=O) groups excluding carboxylic acids is 1. The van der Waals surface area contributed by atoms with Crippen LogP contribution in [0.3, 0.4) is 0 Å². The van der Waals surface area contributed by atoms with Crippen molar-refractivity contribution >= 4 is 6.09 Å². The Morgan fingerprint density at radius 3 is 2.29 bits per heavy atom.